The minimum Gasteiger partial charge on any atom is -0.380 e. The Bertz CT molecular complexity index is 890. The number of aromatic amines is 1. The van der Waals surface area contributed by atoms with E-state index in [1.165, 1.54) is 6.20 Å². The third kappa shape index (κ3) is 3.98. The molecule has 154 valence electrons. The summed E-state index contributed by atoms with van der Waals surface area (Å²) in [4.78, 5) is 0. The predicted octanol–water partition coefficient (Wildman–Crippen LogP) is 4.88. The molecule has 0 saturated carbocycles. The zero-order valence-corrected chi connectivity index (χ0v) is 14.9. The van der Waals surface area contributed by atoms with Gasteiger partial charge in [0.1, 0.15) is 5.60 Å². The zero-order valence-electron chi connectivity index (χ0n) is 14.9. The second-order valence-corrected chi connectivity index (χ2v) is 6.54. The average molecular weight is 415 g/mol. The molecule has 0 aliphatic heterocycles. The molecule has 1 unspecified atom stereocenters. The number of nitrogens with zero attached hydrogens (tertiary/aromatic N) is 2. The molecule has 1 atom stereocenters. The van der Waals surface area contributed by atoms with Crippen LogP contribution in [0.25, 0.3) is 0 Å². The molecule has 10 heteroatoms. The van der Waals surface area contributed by atoms with E-state index in [-0.39, 0.29) is 16.8 Å². The number of aliphatic hydroxyl groups is 1. The monoisotopic (exact) mass is 415 g/mol. The fourth-order valence-electron chi connectivity index (χ4n) is 3.13. The molecule has 0 aliphatic rings. The average Bonchev–Trinajstić information content (AvgIpc) is 3.20. The molecule has 3 rings (SSSR count). The molecular formula is C19H15F6N3O. The lowest BCUT2D eigenvalue weighted by atomic mass is 9.75. The van der Waals surface area contributed by atoms with Crippen LogP contribution in [0.3, 0.4) is 0 Å². The maximum atomic E-state index is 12.9. The summed E-state index contributed by atoms with van der Waals surface area (Å²) in [6.07, 6.45) is -7.74. The number of hydrogen-bond donors (Lipinski definition) is 2. The van der Waals surface area contributed by atoms with Gasteiger partial charge < -0.3 is 5.11 Å². The first-order chi connectivity index (χ1) is 13.4. The molecule has 0 aliphatic carbocycles. The molecule has 0 radical (unpaired) electrons. The predicted molar refractivity (Wildman–Crippen MR) is 90.7 cm³/mol. The number of alkyl halides is 6. The molecule has 0 fully saturated rings. The Morgan fingerprint density at radius 2 is 1.14 bits per heavy atom. The molecule has 0 bridgehead atoms. The molecule has 0 spiro atoms. The summed E-state index contributed by atoms with van der Waals surface area (Å²) in [5, 5.41) is 21.4. The molecule has 3 aromatic rings. The number of nitrogens with one attached hydrogen (secondary N) is 1. The van der Waals surface area contributed by atoms with Crippen molar-refractivity contribution in [2.45, 2.75) is 30.8 Å². The van der Waals surface area contributed by atoms with E-state index < -0.39 is 35.0 Å². The Morgan fingerprint density at radius 3 is 1.45 bits per heavy atom. The van der Waals surface area contributed by atoms with Crippen molar-refractivity contribution in [3.63, 3.8) is 0 Å². The molecule has 2 aromatic carbocycles. The van der Waals surface area contributed by atoms with Crippen molar-refractivity contribution in [3.8, 4) is 0 Å². The maximum Gasteiger partial charge on any atom is 0.416 e. The number of H-pyrrole nitrogens is 1. The van der Waals surface area contributed by atoms with Crippen LogP contribution in [0, 0.1) is 0 Å². The van der Waals surface area contributed by atoms with Crippen LogP contribution >= 0.6 is 0 Å². The summed E-state index contributed by atoms with van der Waals surface area (Å²) in [5.41, 5.74) is -3.35. The Balaban J connectivity index is 2.12. The van der Waals surface area contributed by atoms with Crippen LogP contribution in [-0.2, 0) is 18.0 Å². The molecule has 2 N–H and O–H groups in total. The largest absolute Gasteiger partial charge is 0.416 e. The van der Waals surface area contributed by atoms with E-state index in [0.29, 0.717) is 0 Å². The van der Waals surface area contributed by atoms with E-state index in [1.54, 1.807) is 6.92 Å². The van der Waals surface area contributed by atoms with Gasteiger partial charge in [-0.2, -0.15) is 26.3 Å². The first-order valence-electron chi connectivity index (χ1n) is 8.38. The first kappa shape index (κ1) is 20.8. The Kier molecular flexibility index (Phi) is 5.16. The quantitative estimate of drug-likeness (QED) is 0.597. The van der Waals surface area contributed by atoms with Gasteiger partial charge in [0, 0.05) is 12.1 Å². The van der Waals surface area contributed by atoms with Crippen molar-refractivity contribution >= 4 is 0 Å². The van der Waals surface area contributed by atoms with E-state index in [9.17, 15) is 31.4 Å². The minimum atomic E-state index is -4.57. The van der Waals surface area contributed by atoms with Crippen LogP contribution in [0.4, 0.5) is 26.3 Å². The van der Waals surface area contributed by atoms with Crippen molar-refractivity contribution < 1.29 is 31.4 Å². The topological polar surface area (TPSA) is 61.8 Å². The van der Waals surface area contributed by atoms with E-state index in [4.69, 9.17) is 0 Å². The van der Waals surface area contributed by atoms with Crippen molar-refractivity contribution in [1.29, 1.82) is 0 Å². The number of rotatable bonds is 4. The fraction of sp³-hybridized carbons (Fsp3) is 0.263. The molecule has 4 nitrogen and oxygen atoms in total. The molecule has 0 saturated heterocycles. The van der Waals surface area contributed by atoms with Gasteiger partial charge in [0.15, 0.2) is 0 Å². The van der Waals surface area contributed by atoms with Gasteiger partial charge in [-0.3, -0.25) is 5.10 Å². The normalized spacial score (nSPS) is 14.1. The van der Waals surface area contributed by atoms with Crippen LogP contribution < -0.4 is 0 Å². The molecule has 29 heavy (non-hydrogen) atoms. The smallest absolute Gasteiger partial charge is 0.380 e. The van der Waals surface area contributed by atoms with E-state index in [0.717, 1.165) is 48.5 Å². The van der Waals surface area contributed by atoms with Crippen LogP contribution in [-0.4, -0.2) is 20.5 Å². The van der Waals surface area contributed by atoms with Crippen molar-refractivity contribution in [1.82, 2.24) is 15.4 Å². The third-order valence-corrected chi connectivity index (χ3v) is 4.81. The van der Waals surface area contributed by atoms with Crippen LogP contribution in [0.15, 0.2) is 54.7 Å². The summed E-state index contributed by atoms with van der Waals surface area (Å²) in [7, 11) is 0. The Morgan fingerprint density at radius 1 is 0.759 bits per heavy atom. The lowest BCUT2D eigenvalue weighted by Gasteiger charge is -2.34. The minimum absolute atomic E-state index is 0.0701. The molecular weight excluding hydrogens is 400 g/mol. The number of hydrogen-bond acceptors (Lipinski definition) is 3. The highest BCUT2D eigenvalue weighted by Crippen LogP contribution is 2.43. The van der Waals surface area contributed by atoms with Crippen LogP contribution in [0.5, 0.6) is 0 Å². The molecule has 1 heterocycles. The maximum absolute atomic E-state index is 12.9. The van der Waals surface area contributed by atoms with Gasteiger partial charge in [0.2, 0.25) is 0 Å². The third-order valence-electron chi connectivity index (χ3n) is 4.81. The molecule has 1 aromatic heterocycles. The van der Waals surface area contributed by atoms with E-state index >= 15 is 0 Å². The summed E-state index contributed by atoms with van der Waals surface area (Å²) >= 11 is 0. The lowest BCUT2D eigenvalue weighted by molar-refractivity contribution is -0.138. The van der Waals surface area contributed by atoms with Gasteiger partial charge >= 0.3 is 12.4 Å². The Labute approximate surface area is 161 Å². The van der Waals surface area contributed by atoms with Crippen molar-refractivity contribution in [2.24, 2.45) is 0 Å². The highest BCUT2D eigenvalue weighted by atomic mass is 19.4. The van der Waals surface area contributed by atoms with E-state index in [2.05, 4.69) is 15.4 Å². The van der Waals surface area contributed by atoms with Gasteiger partial charge in [-0.1, -0.05) is 36.4 Å². The van der Waals surface area contributed by atoms with E-state index in [1.807, 2.05) is 0 Å². The SMILES string of the molecule is CC(c1c[nH]nn1)C(O)(c1ccc(C(F)(F)F)cc1)c1ccc(C(F)(F)F)cc1. The number of benzene rings is 2. The zero-order chi connectivity index (χ0) is 21.4. The van der Waals surface area contributed by atoms with Gasteiger partial charge in [-0.15, -0.1) is 5.10 Å². The number of aromatic nitrogens is 3. The summed E-state index contributed by atoms with van der Waals surface area (Å²) < 4.78 is 77.3. The van der Waals surface area contributed by atoms with Gasteiger partial charge in [-0.05, 0) is 35.4 Å². The van der Waals surface area contributed by atoms with Crippen LogP contribution in [0.2, 0.25) is 0 Å². The number of halogens is 6. The summed E-state index contributed by atoms with van der Waals surface area (Å²) in [6.45, 7) is 1.55. The Hall–Kier alpha value is -2.88. The van der Waals surface area contributed by atoms with Gasteiger partial charge in [0.25, 0.3) is 0 Å². The highest BCUT2D eigenvalue weighted by molar-refractivity contribution is 5.42. The summed E-state index contributed by atoms with van der Waals surface area (Å²) in [5.74, 6) is -0.838. The van der Waals surface area contributed by atoms with Crippen molar-refractivity contribution in [3.05, 3.63) is 82.7 Å². The van der Waals surface area contributed by atoms with Gasteiger partial charge in [-0.25, -0.2) is 0 Å². The second kappa shape index (κ2) is 7.18. The lowest BCUT2D eigenvalue weighted by Crippen LogP contribution is -2.34. The fourth-order valence-corrected chi connectivity index (χ4v) is 3.13. The summed E-state index contributed by atoms with van der Waals surface area (Å²) in [6, 6.07) is 7.60. The second-order valence-electron chi connectivity index (χ2n) is 6.54. The van der Waals surface area contributed by atoms with Gasteiger partial charge in [0.05, 0.1) is 16.8 Å². The van der Waals surface area contributed by atoms with Crippen molar-refractivity contribution in [2.75, 3.05) is 0 Å². The standard InChI is InChI=1S/C19H15F6N3O/c1-11(16-10-26-28-27-16)17(29,12-2-6-14(7-3-12)18(20,21)22)13-4-8-15(9-5-13)19(23,24)25/h2-11,29H,1H3,(H,26,27,28). The van der Waals surface area contributed by atoms with Crippen LogP contribution in [0.1, 0.15) is 40.8 Å². The first-order valence-corrected chi connectivity index (χ1v) is 8.38. The highest BCUT2D eigenvalue weighted by Gasteiger charge is 2.41. The molecule has 0 amide bonds.